The molecular formula is C13H19NO3. The second-order valence-electron chi connectivity index (χ2n) is 5.19. The van der Waals surface area contributed by atoms with E-state index in [9.17, 15) is 15.0 Å². The number of rotatable bonds is 3. The maximum absolute atomic E-state index is 11.9. The molecule has 4 nitrogen and oxygen atoms in total. The van der Waals surface area contributed by atoms with Crippen molar-refractivity contribution in [3.63, 3.8) is 0 Å². The predicted molar refractivity (Wildman–Crippen MR) is 65.9 cm³/mol. The number of carbonyl (C=O) groups is 1. The summed E-state index contributed by atoms with van der Waals surface area (Å²) in [5.74, 6) is -0.285. The number of amides is 1. The SMILES string of the molecule is CC(C)(O)C(C)(C)NC(=O)c1cccc(O)c1. The molecule has 0 spiro atoms. The lowest BCUT2D eigenvalue weighted by molar-refractivity contribution is -0.00293. The van der Waals surface area contributed by atoms with Crippen LogP contribution in [0.25, 0.3) is 0 Å². The second kappa shape index (κ2) is 4.37. The van der Waals surface area contributed by atoms with Gasteiger partial charge in [-0.05, 0) is 45.9 Å². The third-order valence-electron chi connectivity index (χ3n) is 3.06. The molecule has 0 radical (unpaired) electrons. The monoisotopic (exact) mass is 237 g/mol. The molecule has 0 aromatic heterocycles. The average Bonchev–Trinajstić information content (AvgIpc) is 2.15. The zero-order chi connectivity index (χ0) is 13.3. The van der Waals surface area contributed by atoms with E-state index in [-0.39, 0.29) is 11.7 Å². The Labute approximate surface area is 101 Å². The Morgan fingerprint density at radius 2 is 1.82 bits per heavy atom. The molecule has 3 N–H and O–H groups in total. The minimum Gasteiger partial charge on any atom is -0.508 e. The van der Waals surface area contributed by atoms with E-state index in [1.54, 1.807) is 39.8 Å². The number of hydrogen-bond acceptors (Lipinski definition) is 3. The molecule has 0 aliphatic rings. The third kappa shape index (κ3) is 3.20. The van der Waals surface area contributed by atoms with Crippen molar-refractivity contribution >= 4 is 5.91 Å². The second-order valence-corrected chi connectivity index (χ2v) is 5.19. The van der Waals surface area contributed by atoms with E-state index in [0.717, 1.165) is 0 Å². The normalized spacial score (nSPS) is 12.3. The maximum Gasteiger partial charge on any atom is 0.251 e. The Bertz CT molecular complexity index is 419. The van der Waals surface area contributed by atoms with E-state index >= 15 is 0 Å². The van der Waals surface area contributed by atoms with Gasteiger partial charge in [0.15, 0.2) is 0 Å². The molecule has 1 aromatic carbocycles. The molecule has 4 heteroatoms. The van der Waals surface area contributed by atoms with Gasteiger partial charge in [0.05, 0.1) is 11.1 Å². The molecule has 1 rings (SSSR count). The fourth-order valence-electron chi connectivity index (χ4n) is 1.16. The first-order valence-corrected chi connectivity index (χ1v) is 5.47. The summed E-state index contributed by atoms with van der Waals surface area (Å²) in [6.07, 6.45) is 0. The Kier molecular flexibility index (Phi) is 3.48. The average molecular weight is 237 g/mol. The molecule has 0 bridgehead atoms. The van der Waals surface area contributed by atoms with E-state index in [2.05, 4.69) is 5.32 Å². The number of aliphatic hydroxyl groups is 1. The molecular weight excluding hydrogens is 218 g/mol. The molecule has 1 aromatic rings. The minimum absolute atomic E-state index is 0.0405. The van der Waals surface area contributed by atoms with E-state index in [1.807, 2.05) is 0 Å². The first-order chi connectivity index (χ1) is 7.63. The zero-order valence-corrected chi connectivity index (χ0v) is 10.6. The first kappa shape index (κ1) is 13.5. The van der Waals surface area contributed by atoms with Gasteiger partial charge in [0.1, 0.15) is 5.75 Å². The van der Waals surface area contributed by atoms with Crippen molar-refractivity contribution < 1.29 is 15.0 Å². The van der Waals surface area contributed by atoms with Crippen LogP contribution >= 0.6 is 0 Å². The van der Waals surface area contributed by atoms with Crippen LogP contribution in [0, 0.1) is 0 Å². The summed E-state index contributed by atoms with van der Waals surface area (Å²) in [6, 6.07) is 6.09. The molecule has 0 aliphatic heterocycles. The van der Waals surface area contributed by atoms with Crippen LogP contribution < -0.4 is 5.32 Å². The summed E-state index contributed by atoms with van der Waals surface area (Å²) in [4.78, 5) is 11.9. The number of hydrogen-bond donors (Lipinski definition) is 3. The Morgan fingerprint density at radius 3 is 2.29 bits per heavy atom. The minimum atomic E-state index is -1.04. The van der Waals surface area contributed by atoms with E-state index in [1.165, 1.54) is 12.1 Å². The molecule has 1 amide bonds. The van der Waals surface area contributed by atoms with Crippen LogP contribution in [-0.2, 0) is 0 Å². The van der Waals surface area contributed by atoms with Crippen LogP contribution in [0.2, 0.25) is 0 Å². The van der Waals surface area contributed by atoms with Gasteiger partial charge >= 0.3 is 0 Å². The highest BCUT2D eigenvalue weighted by atomic mass is 16.3. The Morgan fingerprint density at radius 1 is 1.24 bits per heavy atom. The van der Waals surface area contributed by atoms with Crippen LogP contribution in [0.15, 0.2) is 24.3 Å². The molecule has 0 aliphatic carbocycles. The van der Waals surface area contributed by atoms with Crippen LogP contribution in [0.3, 0.4) is 0 Å². The lowest BCUT2D eigenvalue weighted by atomic mass is 9.86. The molecule has 0 unspecified atom stereocenters. The summed E-state index contributed by atoms with van der Waals surface area (Å²) >= 11 is 0. The highest BCUT2D eigenvalue weighted by Crippen LogP contribution is 2.21. The van der Waals surface area contributed by atoms with Crippen LogP contribution in [-0.4, -0.2) is 27.3 Å². The van der Waals surface area contributed by atoms with Crippen LogP contribution in [0.5, 0.6) is 5.75 Å². The first-order valence-electron chi connectivity index (χ1n) is 5.47. The topological polar surface area (TPSA) is 69.6 Å². The van der Waals surface area contributed by atoms with Crippen molar-refractivity contribution in [2.75, 3.05) is 0 Å². The van der Waals surface area contributed by atoms with E-state index < -0.39 is 11.1 Å². The van der Waals surface area contributed by atoms with Crippen molar-refractivity contribution in [3.05, 3.63) is 29.8 Å². The van der Waals surface area contributed by atoms with Gasteiger partial charge in [0.2, 0.25) is 0 Å². The molecule has 0 fully saturated rings. The van der Waals surface area contributed by atoms with Crippen LogP contribution in [0.1, 0.15) is 38.1 Å². The van der Waals surface area contributed by atoms with Crippen molar-refractivity contribution in [2.24, 2.45) is 0 Å². The van der Waals surface area contributed by atoms with Gasteiger partial charge in [-0.2, -0.15) is 0 Å². The quantitative estimate of drug-likeness (QED) is 0.749. The molecule has 0 atom stereocenters. The largest absolute Gasteiger partial charge is 0.508 e. The van der Waals surface area contributed by atoms with Gasteiger partial charge in [-0.3, -0.25) is 4.79 Å². The standard InChI is InChI=1S/C13H19NO3/c1-12(2,13(3,4)17)14-11(16)9-6-5-7-10(15)8-9/h5-8,15,17H,1-4H3,(H,14,16). The summed E-state index contributed by atoms with van der Waals surface area (Å²) < 4.78 is 0. The number of nitrogens with one attached hydrogen (secondary N) is 1. The van der Waals surface area contributed by atoms with Gasteiger partial charge in [0.25, 0.3) is 5.91 Å². The number of phenolic OH excluding ortho intramolecular Hbond substituents is 1. The van der Waals surface area contributed by atoms with Crippen molar-refractivity contribution in [1.82, 2.24) is 5.32 Å². The highest BCUT2D eigenvalue weighted by molar-refractivity contribution is 5.95. The zero-order valence-electron chi connectivity index (χ0n) is 10.6. The number of benzene rings is 1. The number of aromatic hydroxyl groups is 1. The molecule has 0 heterocycles. The number of carbonyl (C=O) groups excluding carboxylic acids is 1. The van der Waals surface area contributed by atoms with E-state index in [0.29, 0.717) is 5.56 Å². The molecule has 0 saturated heterocycles. The smallest absolute Gasteiger partial charge is 0.251 e. The summed E-state index contributed by atoms with van der Waals surface area (Å²) in [5.41, 5.74) is -1.45. The van der Waals surface area contributed by atoms with Gasteiger partial charge in [0, 0.05) is 5.56 Å². The fraction of sp³-hybridized carbons (Fsp3) is 0.462. The molecule has 0 saturated carbocycles. The third-order valence-corrected chi connectivity index (χ3v) is 3.06. The summed E-state index contributed by atoms with van der Waals surface area (Å²) in [6.45, 7) is 6.76. The van der Waals surface area contributed by atoms with Crippen molar-refractivity contribution in [3.8, 4) is 5.75 Å². The van der Waals surface area contributed by atoms with Crippen molar-refractivity contribution in [1.29, 1.82) is 0 Å². The fourth-order valence-corrected chi connectivity index (χ4v) is 1.16. The Hall–Kier alpha value is -1.55. The Balaban J connectivity index is 2.87. The summed E-state index contributed by atoms with van der Waals surface area (Å²) in [7, 11) is 0. The van der Waals surface area contributed by atoms with Gasteiger partial charge < -0.3 is 15.5 Å². The predicted octanol–water partition coefficient (Wildman–Crippen LogP) is 1.67. The lowest BCUT2D eigenvalue weighted by Crippen LogP contribution is -2.57. The lowest BCUT2D eigenvalue weighted by Gasteiger charge is -2.38. The van der Waals surface area contributed by atoms with Gasteiger partial charge in [-0.1, -0.05) is 6.07 Å². The molecule has 17 heavy (non-hydrogen) atoms. The summed E-state index contributed by atoms with van der Waals surface area (Å²) in [5, 5.41) is 22.0. The maximum atomic E-state index is 11.9. The van der Waals surface area contributed by atoms with Crippen molar-refractivity contribution in [2.45, 2.75) is 38.8 Å². The highest BCUT2D eigenvalue weighted by Gasteiger charge is 2.36. The van der Waals surface area contributed by atoms with Gasteiger partial charge in [-0.15, -0.1) is 0 Å². The van der Waals surface area contributed by atoms with E-state index in [4.69, 9.17) is 0 Å². The van der Waals surface area contributed by atoms with Gasteiger partial charge in [-0.25, -0.2) is 0 Å². The van der Waals surface area contributed by atoms with Crippen LogP contribution in [0.4, 0.5) is 0 Å². The number of phenols is 1. The molecule has 94 valence electrons.